The van der Waals surface area contributed by atoms with E-state index >= 15 is 0 Å². The molecule has 3 aromatic rings. The van der Waals surface area contributed by atoms with E-state index in [0.29, 0.717) is 5.02 Å². The van der Waals surface area contributed by atoms with Crippen LogP contribution in [0.1, 0.15) is 17.0 Å². The number of carboxylic acid groups (broad SMARTS) is 1. The third kappa shape index (κ3) is 3.23. The number of hydrogen-bond acceptors (Lipinski definition) is 3. The van der Waals surface area contributed by atoms with Crippen LogP contribution in [0.2, 0.25) is 5.02 Å². The number of hydrogen-bond donors (Lipinski definition) is 3. The fourth-order valence-electron chi connectivity index (χ4n) is 2.34. The van der Waals surface area contributed by atoms with Crippen molar-refractivity contribution in [1.82, 2.24) is 15.5 Å². The van der Waals surface area contributed by atoms with Gasteiger partial charge in [-0.05, 0) is 36.6 Å². The van der Waals surface area contributed by atoms with Gasteiger partial charge >= 0.3 is 6.09 Å². The van der Waals surface area contributed by atoms with Gasteiger partial charge in [0, 0.05) is 27.7 Å². The lowest BCUT2D eigenvalue weighted by molar-refractivity contribution is 0.194. The van der Waals surface area contributed by atoms with Crippen molar-refractivity contribution in [3.63, 3.8) is 0 Å². The quantitative estimate of drug-likeness (QED) is 0.672. The summed E-state index contributed by atoms with van der Waals surface area (Å²) >= 11 is 6.31. The van der Waals surface area contributed by atoms with Crippen LogP contribution < -0.4 is 5.32 Å². The molecule has 0 fully saturated rings. The number of H-pyrrole nitrogens is 1. The largest absolute Gasteiger partial charge is 0.465 e. The van der Waals surface area contributed by atoms with Crippen LogP contribution in [0, 0.1) is 0 Å². The summed E-state index contributed by atoms with van der Waals surface area (Å²) in [6.07, 6.45) is 2.00. The van der Waals surface area contributed by atoms with Gasteiger partial charge in [0.2, 0.25) is 0 Å². The Bertz CT molecular complexity index is 796. The number of rotatable bonds is 5. The van der Waals surface area contributed by atoms with Gasteiger partial charge in [-0.25, -0.2) is 4.79 Å². The molecule has 6 nitrogen and oxygen atoms in total. The van der Waals surface area contributed by atoms with E-state index < -0.39 is 6.09 Å². The molecule has 0 aliphatic carbocycles. The number of nitrogens with zero attached hydrogens (tertiary/aromatic N) is 1. The molecule has 3 rings (SSSR count). The molecule has 1 aromatic carbocycles. The average molecular weight is 320 g/mol. The lowest BCUT2D eigenvalue weighted by Crippen LogP contribution is -2.19. The number of benzene rings is 1. The molecule has 0 saturated carbocycles. The summed E-state index contributed by atoms with van der Waals surface area (Å²) in [5.41, 5.74) is 3.62. The number of nitrogens with one attached hydrogen (secondary N) is 2. The van der Waals surface area contributed by atoms with Crippen LogP contribution in [-0.2, 0) is 19.4 Å². The number of aromatic amines is 1. The van der Waals surface area contributed by atoms with Crippen LogP contribution in [0.5, 0.6) is 0 Å². The van der Waals surface area contributed by atoms with Crippen molar-refractivity contribution in [2.45, 2.75) is 19.4 Å². The predicted octanol–water partition coefficient (Wildman–Crippen LogP) is 3.36. The Balaban J connectivity index is 1.79. The third-order valence-electron chi connectivity index (χ3n) is 3.42. The first-order chi connectivity index (χ1) is 10.6. The monoisotopic (exact) mass is 319 g/mol. The maximum Gasteiger partial charge on any atom is 0.404 e. The fourth-order valence-corrected chi connectivity index (χ4v) is 2.61. The van der Waals surface area contributed by atoms with Gasteiger partial charge in [-0.3, -0.25) is 0 Å². The number of halogens is 1. The van der Waals surface area contributed by atoms with E-state index in [-0.39, 0.29) is 6.54 Å². The second kappa shape index (κ2) is 6.11. The number of carbonyl (C=O) groups is 1. The maximum absolute atomic E-state index is 10.5. The molecule has 7 heteroatoms. The molecule has 0 unspecified atom stereocenters. The molecule has 0 aliphatic rings. The molecule has 0 spiro atoms. The van der Waals surface area contributed by atoms with Gasteiger partial charge in [-0.15, -0.1) is 0 Å². The third-order valence-corrected chi connectivity index (χ3v) is 3.77. The predicted molar refractivity (Wildman–Crippen MR) is 82.1 cm³/mol. The van der Waals surface area contributed by atoms with E-state index in [0.717, 1.165) is 40.7 Å². The summed E-state index contributed by atoms with van der Waals surface area (Å²) in [6, 6.07) is 7.59. The average Bonchev–Trinajstić information content (AvgIpc) is 3.11. The summed E-state index contributed by atoms with van der Waals surface area (Å²) < 4.78 is 4.81. The lowest BCUT2D eigenvalue weighted by atomic mass is 10.1. The highest BCUT2D eigenvalue weighted by Crippen LogP contribution is 2.25. The first-order valence-electron chi connectivity index (χ1n) is 6.78. The van der Waals surface area contributed by atoms with Crippen molar-refractivity contribution in [3.8, 4) is 0 Å². The first-order valence-corrected chi connectivity index (χ1v) is 7.15. The van der Waals surface area contributed by atoms with Crippen molar-refractivity contribution in [1.29, 1.82) is 0 Å². The minimum Gasteiger partial charge on any atom is -0.465 e. The number of fused-ring (bicyclic) bond motifs is 1. The standard InChI is InChI=1S/C15H14ClN3O3/c16-13-6-10-5-12(8-17-15(20)21)18-14(10)7-9(13)1-2-11-3-4-22-19-11/h3-7,17-18H,1-2,8H2,(H,20,21). The Morgan fingerprint density at radius 3 is 2.95 bits per heavy atom. The number of amides is 1. The molecular formula is C15H14ClN3O3. The molecule has 0 atom stereocenters. The molecule has 1 amide bonds. The minimum atomic E-state index is -1.05. The smallest absolute Gasteiger partial charge is 0.404 e. The van der Waals surface area contributed by atoms with Gasteiger partial charge in [-0.1, -0.05) is 16.8 Å². The molecule has 3 N–H and O–H groups in total. The van der Waals surface area contributed by atoms with Gasteiger partial charge < -0.3 is 19.9 Å². The zero-order valence-corrected chi connectivity index (χ0v) is 12.4. The molecule has 0 aliphatic heterocycles. The van der Waals surface area contributed by atoms with Crippen molar-refractivity contribution in [2.75, 3.05) is 0 Å². The van der Waals surface area contributed by atoms with Crippen LogP contribution in [0.15, 0.2) is 35.1 Å². The van der Waals surface area contributed by atoms with Crippen LogP contribution in [-0.4, -0.2) is 21.3 Å². The molecule has 114 valence electrons. The molecule has 0 bridgehead atoms. The molecule has 22 heavy (non-hydrogen) atoms. The highest BCUT2D eigenvalue weighted by molar-refractivity contribution is 6.32. The van der Waals surface area contributed by atoms with Crippen molar-refractivity contribution in [2.24, 2.45) is 0 Å². The Labute approximate surface area is 131 Å². The van der Waals surface area contributed by atoms with E-state index in [1.807, 2.05) is 24.3 Å². The fraction of sp³-hybridized carbons (Fsp3) is 0.200. The summed E-state index contributed by atoms with van der Waals surface area (Å²) in [6.45, 7) is 0.232. The van der Waals surface area contributed by atoms with Crippen molar-refractivity contribution < 1.29 is 14.4 Å². The van der Waals surface area contributed by atoms with Gasteiger partial charge in [0.15, 0.2) is 0 Å². The molecule has 0 radical (unpaired) electrons. The van der Waals surface area contributed by atoms with Crippen LogP contribution in [0.4, 0.5) is 4.79 Å². The topological polar surface area (TPSA) is 91.2 Å². The highest BCUT2D eigenvalue weighted by atomic mass is 35.5. The number of aromatic nitrogens is 2. The van der Waals surface area contributed by atoms with Gasteiger partial charge in [0.05, 0.1) is 12.2 Å². The van der Waals surface area contributed by atoms with Crippen molar-refractivity contribution >= 4 is 28.6 Å². The van der Waals surface area contributed by atoms with E-state index in [2.05, 4.69) is 15.5 Å². The van der Waals surface area contributed by atoms with Gasteiger partial charge in [0.25, 0.3) is 0 Å². The Hall–Kier alpha value is -2.47. The minimum absolute atomic E-state index is 0.232. The first kappa shape index (κ1) is 14.5. The Morgan fingerprint density at radius 1 is 1.36 bits per heavy atom. The Kier molecular flexibility index (Phi) is 4.02. The van der Waals surface area contributed by atoms with Crippen LogP contribution in [0.25, 0.3) is 10.9 Å². The van der Waals surface area contributed by atoms with E-state index in [1.165, 1.54) is 0 Å². The van der Waals surface area contributed by atoms with Crippen molar-refractivity contribution in [3.05, 3.63) is 52.5 Å². The zero-order valence-electron chi connectivity index (χ0n) is 11.6. The zero-order chi connectivity index (χ0) is 15.5. The SMILES string of the molecule is O=C(O)NCc1cc2cc(Cl)c(CCc3ccon3)cc2[nH]1. The summed E-state index contributed by atoms with van der Waals surface area (Å²) in [4.78, 5) is 13.7. The normalized spacial score (nSPS) is 11.0. The number of aryl methyl sites for hydroxylation is 2. The summed E-state index contributed by atoms with van der Waals surface area (Å²) in [7, 11) is 0. The second-order valence-corrected chi connectivity index (χ2v) is 5.38. The van der Waals surface area contributed by atoms with Crippen LogP contribution >= 0.6 is 11.6 Å². The van der Waals surface area contributed by atoms with Gasteiger partial charge in [-0.2, -0.15) is 0 Å². The molecular weight excluding hydrogens is 306 g/mol. The second-order valence-electron chi connectivity index (χ2n) is 4.97. The van der Waals surface area contributed by atoms with E-state index in [9.17, 15) is 4.79 Å². The van der Waals surface area contributed by atoms with E-state index in [1.54, 1.807) is 6.26 Å². The molecule has 0 saturated heterocycles. The maximum atomic E-state index is 10.5. The molecule has 2 heterocycles. The molecule has 2 aromatic heterocycles. The Morgan fingerprint density at radius 2 is 2.23 bits per heavy atom. The van der Waals surface area contributed by atoms with Gasteiger partial charge in [0.1, 0.15) is 6.26 Å². The van der Waals surface area contributed by atoms with E-state index in [4.69, 9.17) is 21.2 Å². The lowest BCUT2D eigenvalue weighted by Gasteiger charge is -2.03. The summed E-state index contributed by atoms with van der Waals surface area (Å²) in [5.74, 6) is 0. The summed E-state index contributed by atoms with van der Waals surface area (Å²) in [5, 5.41) is 16.5. The highest BCUT2D eigenvalue weighted by Gasteiger charge is 2.08. The van der Waals surface area contributed by atoms with Crippen LogP contribution in [0.3, 0.4) is 0 Å².